The van der Waals surface area contributed by atoms with Gasteiger partial charge in [-0.1, -0.05) is 52.8 Å². The summed E-state index contributed by atoms with van der Waals surface area (Å²) in [4.78, 5) is 0. The third-order valence-electron chi connectivity index (χ3n) is 3.66. The van der Waals surface area contributed by atoms with Crippen LogP contribution in [0.25, 0.3) is 0 Å². The van der Waals surface area contributed by atoms with Crippen molar-refractivity contribution in [1.29, 1.82) is 0 Å². The number of para-hydroxylation sites is 1. The van der Waals surface area contributed by atoms with Gasteiger partial charge < -0.3 is 10.1 Å². The van der Waals surface area contributed by atoms with Crippen LogP contribution in [0.3, 0.4) is 0 Å². The fraction of sp³-hybridized carbons (Fsp3) is 0.625. The van der Waals surface area contributed by atoms with Crippen LogP contribution in [0.4, 0.5) is 0 Å². The Labute approximate surface area is 111 Å². The zero-order chi connectivity index (χ0) is 13.3. The van der Waals surface area contributed by atoms with E-state index in [1.807, 2.05) is 0 Å². The Balaban J connectivity index is 2.45. The van der Waals surface area contributed by atoms with E-state index in [4.69, 9.17) is 4.74 Å². The van der Waals surface area contributed by atoms with Crippen molar-refractivity contribution < 1.29 is 4.74 Å². The summed E-state index contributed by atoms with van der Waals surface area (Å²) in [7, 11) is 0. The van der Waals surface area contributed by atoms with Crippen LogP contribution in [-0.4, -0.2) is 12.6 Å². The van der Waals surface area contributed by atoms with Gasteiger partial charge in [0.2, 0.25) is 0 Å². The molecule has 0 saturated carbocycles. The smallest absolute Gasteiger partial charge is 0.128 e. The average molecular weight is 247 g/mol. The van der Waals surface area contributed by atoms with Crippen LogP contribution in [0.15, 0.2) is 18.2 Å². The summed E-state index contributed by atoms with van der Waals surface area (Å²) in [5.74, 6) is 1.11. The summed E-state index contributed by atoms with van der Waals surface area (Å²) in [5.41, 5.74) is 2.78. The number of hydrogen-bond donors (Lipinski definition) is 1. The molecule has 2 rings (SSSR count). The average Bonchev–Trinajstić information content (AvgIpc) is 2.66. The molecule has 1 aromatic rings. The van der Waals surface area contributed by atoms with Gasteiger partial charge in [-0.05, 0) is 23.9 Å². The maximum atomic E-state index is 6.22. The fourth-order valence-electron chi connectivity index (χ4n) is 2.72. The first-order valence-electron chi connectivity index (χ1n) is 7.02. The van der Waals surface area contributed by atoms with Crippen molar-refractivity contribution in [3.05, 3.63) is 29.3 Å². The van der Waals surface area contributed by atoms with Gasteiger partial charge in [-0.15, -0.1) is 0 Å². The molecule has 1 aromatic carbocycles. The SMILES string of the molecule is CCNC1c2cccc(C(C)(C)C)c2OC1CC. The van der Waals surface area contributed by atoms with Crippen LogP contribution in [0.1, 0.15) is 58.2 Å². The quantitative estimate of drug-likeness (QED) is 0.877. The number of ether oxygens (including phenoxy) is 1. The second-order valence-electron chi connectivity index (χ2n) is 6.07. The Kier molecular flexibility index (Phi) is 3.67. The molecule has 0 bridgehead atoms. The Morgan fingerprint density at radius 3 is 2.50 bits per heavy atom. The summed E-state index contributed by atoms with van der Waals surface area (Å²) in [6.45, 7) is 12.0. The number of fused-ring (bicyclic) bond motifs is 1. The van der Waals surface area contributed by atoms with Gasteiger partial charge >= 0.3 is 0 Å². The number of hydrogen-bond acceptors (Lipinski definition) is 2. The predicted octanol–water partition coefficient (Wildman–Crippen LogP) is 3.81. The Morgan fingerprint density at radius 1 is 1.22 bits per heavy atom. The van der Waals surface area contributed by atoms with E-state index in [-0.39, 0.29) is 11.5 Å². The summed E-state index contributed by atoms with van der Waals surface area (Å²) in [5, 5.41) is 3.56. The van der Waals surface area contributed by atoms with E-state index in [0.29, 0.717) is 6.04 Å². The monoisotopic (exact) mass is 247 g/mol. The molecule has 0 saturated heterocycles. The second-order valence-corrected chi connectivity index (χ2v) is 6.07. The van der Waals surface area contributed by atoms with Gasteiger partial charge in [-0.25, -0.2) is 0 Å². The van der Waals surface area contributed by atoms with Gasteiger partial charge in [0.25, 0.3) is 0 Å². The molecule has 2 unspecified atom stereocenters. The molecule has 1 aliphatic heterocycles. The molecule has 0 radical (unpaired) electrons. The molecule has 0 aliphatic carbocycles. The van der Waals surface area contributed by atoms with Crippen LogP contribution in [0, 0.1) is 0 Å². The number of likely N-dealkylation sites (N-methyl/N-ethyl adjacent to an activating group) is 1. The van der Waals surface area contributed by atoms with Crippen molar-refractivity contribution in [2.75, 3.05) is 6.54 Å². The number of rotatable bonds is 3. The van der Waals surface area contributed by atoms with Crippen molar-refractivity contribution in [1.82, 2.24) is 5.32 Å². The Hall–Kier alpha value is -1.02. The minimum Gasteiger partial charge on any atom is -0.488 e. The first kappa shape index (κ1) is 13.4. The lowest BCUT2D eigenvalue weighted by atomic mass is 9.84. The molecule has 2 heteroatoms. The lowest BCUT2D eigenvalue weighted by molar-refractivity contribution is 0.183. The van der Waals surface area contributed by atoms with E-state index in [1.54, 1.807) is 0 Å². The normalized spacial score (nSPS) is 22.7. The standard InChI is InChI=1S/C16H25NO/c1-6-13-14(17-7-2)11-9-8-10-12(15(11)18-13)16(3,4)5/h8-10,13-14,17H,6-7H2,1-5H3. The van der Waals surface area contributed by atoms with E-state index in [0.717, 1.165) is 18.7 Å². The summed E-state index contributed by atoms with van der Waals surface area (Å²) < 4.78 is 6.22. The molecule has 0 spiro atoms. The molecule has 2 atom stereocenters. The highest BCUT2D eigenvalue weighted by molar-refractivity contribution is 5.49. The lowest BCUT2D eigenvalue weighted by Crippen LogP contribution is -2.30. The number of nitrogens with one attached hydrogen (secondary N) is 1. The van der Waals surface area contributed by atoms with Crippen LogP contribution < -0.4 is 10.1 Å². The molecule has 1 N–H and O–H groups in total. The molecule has 100 valence electrons. The maximum absolute atomic E-state index is 6.22. The predicted molar refractivity (Wildman–Crippen MR) is 76.3 cm³/mol. The minimum absolute atomic E-state index is 0.130. The number of benzene rings is 1. The van der Waals surface area contributed by atoms with Crippen molar-refractivity contribution >= 4 is 0 Å². The zero-order valence-electron chi connectivity index (χ0n) is 12.2. The first-order valence-corrected chi connectivity index (χ1v) is 7.02. The Morgan fingerprint density at radius 2 is 1.94 bits per heavy atom. The van der Waals surface area contributed by atoms with Gasteiger partial charge in [-0.2, -0.15) is 0 Å². The first-order chi connectivity index (χ1) is 8.49. The summed E-state index contributed by atoms with van der Waals surface area (Å²) >= 11 is 0. The van der Waals surface area contributed by atoms with Crippen molar-refractivity contribution in [2.45, 2.75) is 58.6 Å². The maximum Gasteiger partial charge on any atom is 0.128 e. The van der Waals surface area contributed by atoms with Crippen LogP contribution in [0.5, 0.6) is 5.75 Å². The van der Waals surface area contributed by atoms with Crippen molar-refractivity contribution in [2.24, 2.45) is 0 Å². The van der Waals surface area contributed by atoms with Crippen molar-refractivity contribution in [3.8, 4) is 5.75 Å². The molecular weight excluding hydrogens is 222 g/mol. The van der Waals surface area contributed by atoms with Gasteiger partial charge in [-0.3, -0.25) is 0 Å². The highest BCUT2D eigenvalue weighted by atomic mass is 16.5. The Bertz CT molecular complexity index is 420. The third-order valence-corrected chi connectivity index (χ3v) is 3.66. The highest BCUT2D eigenvalue weighted by Crippen LogP contribution is 2.44. The third kappa shape index (κ3) is 2.26. The lowest BCUT2D eigenvalue weighted by Gasteiger charge is -2.22. The van der Waals surface area contributed by atoms with Gasteiger partial charge in [0, 0.05) is 5.56 Å². The van der Waals surface area contributed by atoms with Crippen LogP contribution in [0.2, 0.25) is 0 Å². The van der Waals surface area contributed by atoms with E-state index in [2.05, 4.69) is 58.1 Å². The molecule has 1 aliphatic rings. The zero-order valence-corrected chi connectivity index (χ0v) is 12.2. The van der Waals surface area contributed by atoms with Crippen molar-refractivity contribution in [3.63, 3.8) is 0 Å². The summed E-state index contributed by atoms with van der Waals surface area (Å²) in [6, 6.07) is 6.90. The van der Waals surface area contributed by atoms with E-state index in [9.17, 15) is 0 Å². The molecule has 0 aromatic heterocycles. The highest BCUT2D eigenvalue weighted by Gasteiger charge is 2.35. The molecule has 0 amide bonds. The van der Waals surface area contributed by atoms with E-state index in [1.165, 1.54) is 11.1 Å². The molecule has 1 heterocycles. The largest absolute Gasteiger partial charge is 0.488 e. The minimum atomic E-state index is 0.130. The molecule has 18 heavy (non-hydrogen) atoms. The van der Waals surface area contributed by atoms with Crippen LogP contribution >= 0.6 is 0 Å². The van der Waals surface area contributed by atoms with Gasteiger partial charge in [0.05, 0.1) is 6.04 Å². The molecule has 2 nitrogen and oxygen atoms in total. The summed E-state index contributed by atoms with van der Waals surface area (Å²) in [6.07, 6.45) is 1.30. The fourth-order valence-corrected chi connectivity index (χ4v) is 2.72. The van der Waals surface area contributed by atoms with Gasteiger partial charge in [0.1, 0.15) is 11.9 Å². The van der Waals surface area contributed by atoms with E-state index < -0.39 is 0 Å². The topological polar surface area (TPSA) is 21.3 Å². The van der Waals surface area contributed by atoms with Crippen LogP contribution in [-0.2, 0) is 5.41 Å². The second kappa shape index (κ2) is 4.93. The van der Waals surface area contributed by atoms with E-state index >= 15 is 0 Å². The molecular formula is C16H25NO. The molecule has 0 fully saturated rings. The van der Waals surface area contributed by atoms with Gasteiger partial charge in [0.15, 0.2) is 0 Å².